The maximum Gasteiger partial charge on any atom is 0.139 e. The van der Waals surface area contributed by atoms with Gasteiger partial charge in [0.2, 0.25) is 0 Å². The van der Waals surface area contributed by atoms with Gasteiger partial charge < -0.3 is 0 Å². The van der Waals surface area contributed by atoms with Gasteiger partial charge in [0.1, 0.15) is 5.82 Å². The topological polar surface area (TPSA) is 12.9 Å². The second kappa shape index (κ2) is 3.65. The van der Waals surface area contributed by atoms with Gasteiger partial charge in [-0.3, -0.25) is 4.98 Å². The second-order valence-electron chi connectivity index (χ2n) is 2.70. The molecule has 0 amide bonds. The van der Waals surface area contributed by atoms with Crippen LogP contribution in [0.1, 0.15) is 0 Å². The summed E-state index contributed by atoms with van der Waals surface area (Å²) in [6, 6.07) is 2.87. The van der Waals surface area contributed by atoms with Crippen molar-refractivity contribution >= 4 is 50.0 Å². The molecule has 5 heteroatoms. The van der Waals surface area contributed by atoms with Crippen molar-refractivity contribution in [3.05, 3.63) is 38.7 Å². The number of fused-ring (bicyclic) bond motifs is 1. The van der Waals surface area contributed by atoms with Crippen molar-refractivity contribution in [1.82, 2.24) is 4.98 Å². The molecule has 2 aromatic rings. The van der Waals surface area contributed by atoms with Gasteiger partial charge in [0.15, 0.2) is 0 Å². The fraction of sp³-hybridized carbons (Fsp3) is 0. The molecule has 72 valence electrons. The molecule has 0 aliphatic rings. The summed E-state index contributed by atoms with van der Waals surface area (Å²) in [6.45, 7) is 0. The first-order chi connectivity index (χ1) is 6.59. The molecular weight excluding hydrogens is 292 g/mol. The highest BCUT2D eigenvalue weighted by atomic mass is 79.9. The van der Waals surface area contributed by atoms with Crippen molar-refractivity contribution in [1.29, 1.82) is 0 Å². The molecule has 14 heavy (non-hydrogen) atoms. The van der Waals surface area contributed by atoms with Crippen LogP contribution in [0.5, 0.6) is 0 Å². The van der Waals surface area contributed by atoms with Gasteiger partial charge in [-0.2, -0.15) is 0 Å². The van der Waals surface area contributed by atoms with Crippen LogP contribution in [0.4, 0.5) is 4.39 Å². The van der Waals surface area contributed by atoms with Crippen LogP contribution >= 0.6 is 39.1 Å². The van der Waals surface area contributed by atoms with Crippen molar-refractivity contribution in [3.63, 3.8) is 0 Å². The van der Waals surface area contributed by atoms with Crippen molar-refractivity contribution in [3.8, 4) is 0 Å². The Morgan fingerprint density at radius 3 is 2.71 bits per heavy atom. The van der Waals surface area contributed by atoms with Crippen molar-refractivity contribution < 1.29 is 4.39 Å². The minimum absolute atomic E-state index is 0.343. The van der Waals surface area contributed by atoms with Crippen LogP contribution in [-0.2, 0) is 0 Å². The largest absolute Gasteiger partial charge is 0.254 e. The Morgan fingerprint density at radius 2 is 2.00 bits per heavy atom. The minimum Gasteiger partial charge on any atom is -0.254 e. The number of benzene rings is 1. The lowest BCUT2D eigenvalue weighted by Crippen LogP contribution is -1.84. The van der Waals surface area contributed by atoms with E-state index in [1.54, 1.807) is 6.07 Å². The first-order valence-electron chi connectivity index (χ1n) is 3.68. The van der Waals surface area contributed by atoms with Crippen LogP contribution in [0.2, 0.25) is 10.0 Å². The SMILES string of the molecule is Fc1cc2ncc(Cl)c(Cl)c2cc1Br. The Kier molecular flexibility index (Phi) is 2.64. The van der Waals surface area contributed by atoms with Crippen LogP contribution in [0, 0.1) is 5.82 Å². The van der Waals surface area contributed by atoms with E-state index in [0.717, 1.165) is 0 Å². The highest BCUT2D eigenvalue weighted by molar-refractivity contribution is 9.10. The van der Waals surface area contributed by atoms with Gasteiger partial charge in [-0.1, -0.05) is 23.2 Å². The lowest BCUT2D eigenvalue weighted by atomic mass is 10.2. The van der Waals surface area contributed by atoms with Gasteiger partial charge in [-0.25, -0.2) is 4.39 Å². The molecule has 0 fully saturated rings. The molecule has 0 saturated heterocycles. The zero-order chi connectivity index (χ0) is 10.3. The van der Waals surface area contributed by atoms with E-state index in [1.165, 1.54) is 12.3 Å². The minimum atomic E-state index is -0.372. The smallest absolute Gasteiger partial charge is 0.139 e. The number of hydrogen-bond acceptors (Lipinski definition) is 1. The van der Waals surface area contributed by atoms with E-state index in [9.17, 15) is 4.39 Å². The molecule has 1 heterocycles. The van der Waals surface area contributed by atoms with Gasteiger partial charge in [0, 0.05) is 17.6 Å². The summed E-state index contributed by atoms with van der Waals surface area (Å²) in [5.74, 6) is -0.372. The third-order valence-corrected chi connectivity index (χ3v) is 3.20. The lowest BCUT2D eigenvalue weighted by Gasteiger charge is -2.02. The number of pyridine rings is 1. The average Bonchev–Trinajstić information content (AvgIpc) is 2.15. The van der Waals surface area contributed by atoms with Crippen molar-refractivity contribution in [2.24, 2.45) is 0 Å². The molecule has 1 aromatic heterocycles. The number of aromatic nitrogens is 1. The van der Waals surface area contributed by atoms with Crippen LogP contribution in [0.3, 0.4) is 0 Å². The van der Waals surface area contributed by atoms with Crippen LogP contribution in [-0.4, -0.2) is 4.98 Å². The van der Waals surface area contributed by atoms with Crippen LogP contribution in [0.25, 0.3) is 10.9 Å². The summed E-state index contributed by atoms with van der Waals surface area (Å²) in [5.41, 5.74) is 0.486. The molecule has 0 saturated carbocycles. The van der Waals surface area contributed by atoms with Gasteiger partial charge in [0.25, 0.3) is 0 Å². The highest BCUT2D eigenvalue weighted by Gasteiger charge is 2.08. The predicted molar refractivity (Wildman–Crippen MR) is 59.4 cm³/mol. The molecule has 0 aliphatic heterocycles. The summed E-state index contributed by atoms with van der Waals surface area (Å²) in [6.07, 6.45) is 1.40. The first kappa shape index (κ1) is 10.1. The summed E-state index contributed by atoms with van der Waals surface area (Å²) in [7, 11) is 0. The molecule has 0 bridgehead atoms. The third kappa shape index (κ3) is 1.60. The Balaban J connectivity index is 2.89. The maximum absolute atomic E-state index is 13.1. The van der Waals surface area contributed by atoms with E-state index >= 15 is 0 Å². The van der Waals surface area contributed by atoms with Crippen LogP contribution < -0.4 is 0 Å². The van der Waals surface area contributed by atoms with E-state index in [1.807, 2.05) is 0 Å². The van der Waals surface area contributed by atoms with E-state index < -0.39 is 0 Å². The zero-order valence-electron chi connectivity index (χ0n) is 6.69. The van der Waals surface area contributed by atoms with Gasteiger partial charge >= 0.3 is 0 Å². The maximum atomic E-state index is 13.1. The zero-order valence-corrected chi connectivity index (χ0v) is 9.79. The van der Waals surface area contributed by atoms with E-state index in [4.69, 9.17) is 23.2 Å². The quantitative estimate of drug-likeness (QED) is 0.700. The molecular formula is C9H3BrCl2FN. The summed E-state index contributed by atoms with van der Waals surface area (Å²) in [4.78, 5) is 3.97. The Bertz CT molecular complexity index is 516. The Morgan fingerprint density at radius 1 is 1.29 bits per heavy atom. The van der Waals surface area contributed by atoms with Crippen LogP contribution in [0.15, 0.2) is 22.8 Å². The van der Waals surface area contributed by atoms with E-state index in [0.29, 0.717) is 25.4 Å². The number of rotatable bonds is 0. The van der Waals surface area contributed by atoms with Gasteiger partial charge in [0.05, 0.1) is 20.0 Å². The van der Waals surface area contributed by atoms with Gasteiger partial charge in [-0.05, 0) is 22.0 Å². The lowest BCUT2D eigenvalue weighted by molar-refractivity contribution is 0.623. The predicted octanol–water partition coefficient (Wildman–Crippen LogP) is 4.44. The Labute approximate surface area is 98.0 Å². The molecule has 0 radical (unpaired) electrons. The number of hydrogen-bond donors (Lipinski definition) is 0. The molecule has 0 N–H and O–H groups in total. The molecule has 2 rings (SSSR count). The molecule has 0 aliphatic carbocycles. The molecule has 1 nitrogen and oxygen atoms in total. The standard InChI is InChI=1S/C9H3BrCl2FN/c10-5-1-4-8(2-7(5)13)14-3-6(11)9(4)12/h1-3H. The van der Waals surface area contributed by atoms with E-state index in [2.05, 4.69) is 20.9 Å². The average molecular weight is 295 g/mol. The van der Waals surface area contributed by atoms with Gasteiger partial charge in [-0.15, -0.1) is 0 Å². The third-order valence-electron chi connectivity index (χ3n) is 1.80. The molecule has 0 unspecified atom stereocenters. The number of nitrogens with zero attached hydrogens (tertiary/aromatic N) is 1. The normalized spacial score (nSPS) is 10.9. The summed E-state index contributed by atoms with van der Waals surface area (Å²) >= 11 is 14.8. The highest BCUT2D eigenvalue weighted by Crippen LogP contribution is 2.31. The molecule has 0 spiro atoms. The Hall–Kier alpha value is -0.380. The fourth-order valence-electron chi connectivity index (χ4n) is 1.13. The number of halogens is 4. The second-order valence-corrected chi connectivity index (χ2v) is 4.34. The first-order valence-corrected chi connectivity index (χ1v) is 5.23. The molecule has 1 aromatic carbocycles. The molecule has 0 atom stereocenters. The summed E-state index contributed by atoms with van der Waals surface area (Å²) < 4.78 is 13.5. The fourth-order valence-corrected chi connectivity index (χ4v) is 1.82. The van der Waals surface area contributed by atoms with E-state index in [-0.39, 0.29) is 5.82 Å². The monoisotopic (exact) mass is 293 g/mol. The van der Waals surface area contributed by atoms with Crippen molar-refractivity contribution in [2.45, 2.75) is 0 Å². The summed E-state index contributed by atoms with van der Waals surface area (Å²) in [5, 5.41) is 1.38. The van der Waals surface area contributed by atoms with Crippen molar-refractivity contribution in [2.75, 3.05) is 0 Å².